The Labute approximate surface area is 158 Å². The minimum atomic E-state index is -3.54. The van der Waals surface area contributed by atoms with Gasteiger partial charge in [0.15, 0.2) is 6.61 Å². The van der Waals surface area contributed by atoms with Crippen molar-refractivity contribution in [3.8, 4) is 5.75 Å². The summed E-state index contributed by atoms with van der Waals surface area (Å²) in [5, 5.41) is 3.20. The van der Waals surface area contributed by atoms with Gasteiger partial charge >= 0.3 is 0 Å². The fraction of sp³-hybridized carbons (Fsp3) is 0.278. The molecular weight excluding hydrogens is 376 g/mol. The molecule has 0 aliphatic rings. The second-order valence-electron chi connectivity index (χ2n) is 5.67. The number of ether oxygens (including phenoxy) is 1. The quantitative estimate of drug-likeness (QED) is 0.716. The van der Waals surface area contributed by atoms with E-state index in [1.165, 1.54) is 12.1 Å². The normalized spacial score (nSPS) is 11.2. The van der Waals surface area contributed by atoms with Gasteiger partial charge in [-0.2, -0.15) is 0 Å². The predicted octanol–water partition coefficient (Wildman–Crippen LogP) is 3.35. The number of amides is 1. The molecule has 2 rings (SSSR count). The largest absolute Gasteiger partial charge is 0.483 e. The lowest BCUT2D eigenvalue weighted by atomic mass is 10.2. The molecule has 140 valence electrons. The highest BCUT2D eigenvalue weighted by Gasteiger charge is 2.15. The molecule has 2 aromatic rings. The van der Waals surface area contributed by atoms with Crippen molar-refractivity contribution in [3.05, 3.63) is 53.1 Å². The van der Waals surface area contributed by atoms with Crippen LogP contribution in [-0.4, -0.2) is 27.5 Å². The summed E-state index contributed by atoms with van der Waals surface area (Å²) in [5.41, 5.74) is 1.20. The molecule has 26 heavy (non-hydrogen) atoms. The monoisotopic (exact) mass is 396 g/mol. The molecule has 2 aromatic carbocycles. The first-order chi connectivity index (χ1) is 12.3. The van der Waals surface area contributed by atoms with Crippen molar-refractivity contribution in [2.45, 2.75) is 25.2 Å². The number of halogens is 1. The Morgan fingerprint density at radius 2 is 1.96 bits per heavy atom. The second kappa shape index (κ2) is 9.02. The molecule has 0 unspecified atom stereocenters. The van der Waals surface area contributed by atoms with E-state index in [1.54, 1.807) is 37.3 Å². The first-order valence-electron chi connectivity index (χ1n) is 8.10. The molecule has 0 aromatic heterocycles. The van der Waals surface area contributed by atoms with Crippen molar-refractivity contribution in [2.24, 2.45) is 0 Å². The Kier molecular flexibility index (Phi) is 7.02. The zero-order valence-corrected chi connectivity index (χ0v) is 16.2. The van der Waals surface area contributed by atoms with Gasteiger partial charge in [0.2, 0.25) is 10.0 Å². The van der Waals surface area contributed by atoms with Crippen LogP contribution >= 0.6 is 11.6 Å². The van der Waals surface area contributed by atoms with Crippen LogP contribution in [0.3, 0.4) is 0 Å². The number of carbonyl (C=O) groups excluding carboxylic acids is 1. The Morgan fingerprint density at radius 1 is 1.19 bits per heavy atom. The van der Waals surface area contributed by atoms with Gasteiger partial charge in [-0.05, 0) is 55.3 Å². The fourth-order valence-electron chi connectivity index (χ4n) is 2.18. The maximum absolute atomic E-state index is 12.1. The van der Waals surface area contributed by atoms with Gasteiger partial charge in [0.25, 0.3) is 5.91 Å². The summed E-state index contributed by atoms with van der Waals surface area (Å²) in [6.07, 6.45) is 0.709. The summed E-state index contributed by atoms with van der Waals surface area (Å²) in [5.74, 6) is 0.105. The highest BCUT2D eigenvalue weighted by Crippen LogP contribution is 2.22. The molecule has 2 N–H and O–H groups in total. The number of hydrogen-bond donors (Lipinski definition) is 2. The van der Waals surface area contributed by atoms with Crippen molar-refractivity contribution >= 4 is 33.2 Å². The van der Waals surface area contributed by atoms with Crippen LogP contribution in [0.4, 0.5) is 5.69 Å². The number of nitrogens with one attached hydrogen (secondary N) is 2. The van der Waals surface area contributed by atoms with Crippen LogP contribution in [0, 0.1) is 6.92 Å². The summed E-state index contributed by atoms with van der Waals surface area (Å²) >= 11 is 5.87. The number of rotatable bonds is 8. The average Bonchev–Trinajstić information content (AvgIpc) is 2.59. The molecule has 0 fully saturated rings. The summed E-state index contributed by atoms with van der Waals surface area (Å²) in [6.45, 7) is 3.79. The molecule has 8 heteroatoms. The lowest BCUT2D eigenvalue weighted by Crippen LogP contribution is -2.24. The van der Waals surface area contributed by atoms with Gasteiger partial charge in [-0.25, -0.2) is 13.1 Å². The highest BCUT2D eigenvalue weighted by atomic mass is 35.5. The van der Waals surface area contributed by atoms with Crippen LogP contribution in [0.2, 0.25) is 5.02 Å². The van der Waals surface area contributed by atoms with E-state index in [0.717, 1.165) is 0 Å². The molecule has 0 aliphatic heterocycles. The van der Waals surface area contributed by atoms with Crippen LogP contribution in [0.15, 0.2) is 47.4 Å². The number of anilines is 1. The van der Waals surface area contributed by atoms with Crippen molar-refractivity contribution < 1.29 is 17.9 Å². The average molecular weight is 397 g/mol. The number of aryl methyl sites for hydroxylation is 1. The van der Waals surface area contributed by atoms with E-state index in [4.69, 9.17) is 16.3 Å². The summed E-state index contributed by atoms with van der Waals surface area (Å²) in [7, 11) is -3.54. The van der Waals surface area contributed by atoms with Gasteiger partial charge in [0.05, 0.1) is 4.90 Å². The topological polar surface area (TPSA) is 84.5 Å². The van der Waals surface area contributed by atoms with E-state index < -0.39 is 10.0 Å². The maximum atomic E-state index is 12.1. The molecule has 6 nitrogen and oxygen atoms in total. The lowest BCUT2D eigenvalue weighted by molar-refractivity contribution is -0.118. The zero-order chi connectivity index (χ0) is 19.2. The predicted molar refractivity (Wildman–Crippen MR) is 102 cm³/mol. The van der Waals surface area contributed by atoms with Crippen LogP contribution in [0.25, 0.3) is 0 Å². The van der Waals surface area contributed by atoms with Gasteiger partial charge in [-0.15, -0.1) is 0 Å². The molecule has 0 saturated carbocycles. The molecule has 0 bridgehead atoms. The van der Waals surface area contributed by atoms with Gasteiger partial charge in [0.1, 0.15) is 5.75 Å². The van der Waals surface area contributed by atoms with Gasteiger partial charge in [0, 0.05) is 17.3 Å². The van der Waals surface area contributed by atoms with Gasteiger partial charge in [-0.3, -0.25) is 4.79 Å². The third kappa shape index (κ3) is 5.72. The number of benzene rings is 2. The van der Waals surface area contributed by atoms with Crippen molar-refractivity contribution in [1.29, 1.82) is 0 Å². The molecule has 0 saturated heterocycles. The molecule has 1 amide bonds. The van der Waals surface area contributed by atoms with Gasteiger partial charge in [-0.1, -0.05) is 24.6 Å². The fourth-order valence-corrected chi connectivity index (χ4v) is 3.59. The van der Waals surface area contributed by atoms with Crippen molar-refractivity contribution in [1.82, 2.24) is 4.72 Å². The van der Waals surface area contributed by atoms with E-state index in [-0.39, 0.29) is 17.4 Å². The van der Waals surface area contributed by atoms with E-state index in [1.807, 2.05) is 6.92 Å². The standard InChI is InChI=1S/C18H21ClN2O4S/c1-3-9-20-26(23,24)16-7-8-17(13(2)10-16)25-12-18(22)21-15-6-4-5-14(19)11-15/h4-8,10-11,20H,3,9,12H2,1-2H3,(H,21,22). The first-order valence-corrected chi connectivity index (χ1v) is 9.96. The lowest BCUT2D eigenvalue weighted by Gasteiger charge is -2.12. The Hall–Kier alpha value is -2.09. The summed E-state index contributed by atoms with van der Waals surface area (Å²) in [6, 6.07) is 11.3. The SMILES string of the molecule is CCCNS(=O)(=O)c1ccc(OCC(=O)Nc2cccc(Cl)c2)c(C)c1. The minimum Gasteiger partial charge on any atom is -0.483 e. The highest BCUT2D eigenvalue weighted by molar-refractivity contribution is 7.89. The molecule has 0 aliphatic carbocycles. The second-order valence-corrected chi connectivity index (χ2v) is 7.88. The van der Waals surface area contributed by atoms with Crippen LogP contribution < -0.4 is 14.8 Å². The molecule has 0 radical (unpaired) electrons. The van der Waals surface area contributed by atoms with Crippen LogP contribution in [0.1, 0.15) is 18.9 Å². The van der Waals surface area contributed by atoms with Crippen LogP contribution in [-0.2, 0) is 14.8 Å². The van der Waals surface area contributed by atoms with Crippen LogP contribution in [0.5, 0.6) is 5.75 Å². The third-order valence-corrected chi connectivity index (χ3v) is 5.16. The Bertz CT molecular complexity index is 885. The van der Waals surface area contributed by atoms with Gasteiger partial charge < -0.3 is 10.1 Å². The van der Waals surface area contributed by atoms with E-state index in [0.29, 0.717) is 35.0 Å². The smallest absolute Gasteiger partial charge is 0.262 e. The van der Waals surface area contributed by atoms with Crippen molar-refractivity contribution in [2.75, 3.05) is 18.5 Å². The number of carbonyl (C=O) groups is 1. The van der Waals surface area contributed by atoms with E-state index in [9.17, 15) is 13.2 Å². The number of hydrogen-bond acceptors (Lipinski definition) is 4. The molecule has 0 spiro atoms. The van der Waals surface area contributed by atoms with E-state index in [2.05, 4.69) is 10.0 Å². The minimum absolute atomic E-state index is 0.166. The maximum Gasteiger partial charge on any atom is 0.262 e. The summed E-state index contributed by atoms with van der Waals surface area (Å²) < 4.78 is 32.2. The third-order valence-electron chi connectivity index (χ3n) is 3.47. The zero-order valence-electron chi connectivity index (χ0n) is 14.6. The first kappa shape index (κ1) is 20.2. The molecule has 0 atom stereocenters. The van der Waals surface area contributed by atoms with E-state index >= 15 is 0 Å². The molecule has 0 heterocycles. The Balaban J connectivity index is 1.98. The molecular formula is C18H21ClN2O4S. The Morgan fingerprint density at radius 3 is 2.62 bits per heavy atom. The summed E-state index contributed by atoms with van der Waals surface area (Å²) in [4.78, 5) is 12.1. The number of sulfonamides is 1. The van der Waals surface area contributed by atoms with Crippen molar-refractivity contribution in [3.63, 3.8) is 0 Å².